The highest BCUT2D eigenvalue weighted by atomic mass is 32.2. The van der Waals surface area contributed by atoms with Crippen molar-refractivity contribution in [2.24, 2.45) is 0 Å². The molecule has 0 aliphatic carbocycles. The third-order valence-electron chi connectivity index (χ3n) is 1.97. The van der Waals surface area contributed by atoms with Crippen LogP contribution in [0.3, 0.4) is 0 Å². The number of hydrogen-bond donors (Lipinski definition) is 1. The Hall–Kier alpha value is 0.01000. The molecule has 1 atom stereocenters. The van der Waals surface area contributed by atoms with Crippen LogP contribution in [-0.4, -0.2) is 23.4 Å². The lowest BCUT2D eigenvalue weighted by molar-refractivity contribution is 0.358. The summed E-state index contributed by atoms with van der Waals surface area (Å²) in [6.07, 6.45) is 7.11. The fraction of sp³-hybridized carbons (Fsp3) is 0.714. The van der Waals surface area contributed by atoms with Gasteiger partial charge in [0.05, 0.1) is 0 Å². The van der Waals surface area contributed by atoms with Crippen LogP contribution in [0.5, 0.6) is 0 Å². The molecule has 1 unspecified atom stereocenters. The van der Waals surface area contributed by atoms with Crippen LogP contribution >= 0.6 is 12.1 Å². The maximum Gasteiger partial charge on any atom is 0.0407 e. The van der Waals surface area contributed by atoms with Gasteiger partial charge in [0.2, 0.25) is 0 Å². The molecule has 1 fully saturated rings. The van der Waals surface area contributed by atoms with Gasteiger partial charge in [-0.2, -0.15) is 0 Å². The molecule has 0 aromatic rings. The second-order valence-corrected chi connectivity index (χ2v) is 3.64. The first-order valence-corrected chi connectivity index (χ1v) is 4.57. The second kappa shape index (κ2) is 2.95. The Morgan fingerprint density at radius 2 is 2.60 bits per heavy atom. The maximum atomic E-state index is 3.29. The molecule has 1 N–H and O–H groups in total. The summed E-state index contributed by atoms with van der Waals surface area (Å²) in [7, 11) is 0. The van der Waals surface area contributed by atoms with Crippen molar-refractivity contribution in [3.63, 3.8) is 0 Å². The van der Waals surface area contributed by atoms with Crippen molar-refractivity contribution in [1.82, 2.24) is 9.03 Å². The fourth-order valence-corrected chi connectivity index (χ4v) is 2.29. The van der Waals surface area contributed by atoms with Gasteiger partial charge in [-0.05, 0) is 12.8 Å². The quantitative estimate of drug-likeness (QED) is 0.419. The van der Waals surface area contributed by atoms with Crippen LogP contribution in [0.15, 0.2) is 12.2 Å². The fourth-order valence-electron chi connectivity index (χ4n) is 1.41. The minimum atomic E-state index is 0.708. The zero-order valence-electron chi connectivity index (χ0n) is 5.92. The van der Waals surface area contributed by atoms with Crippen molar-refractivity contribution < 1.29 is 0 Å². The zero-order valence-corrected chi connectivity index (χ0v) is 6.73. The van der Waals surface area contributed by atoms with Crippen LogP contribution in [0.1, 0.15) is 12.8 Å². The molecule has 1 saturated heterocycles. The molecule has 0 radical (unpaired) electrons. The zero-order chi connectivity index (χ0) is 6.81. The van der Waals surface area contributed by atoms with E-state index in [1.165, 1.54) is 19.4 Å². The van der Waals surface area contributed by atoms with E-state index in [1.54, 1.807) is 12.1 Å². The lowest BCUT2D eigenvalue weighted by Gasteiger charge is -2.34. The molecule has 2 rings (SSSR count). The lowest BCUT2D eigenvalue weighted by atomic mass is 10.1. The average Bonchev–Trinajstić information content (AvgIpc) is 2.05. The number of hydrogen-bond acceptors (Lipinski definition) is 3. The van der Waals surface area contributed by atoms with Crippen molar-refractivity contribution in [2.45, 2.75) is 18.9 Å². The van der Waals surface area contributed by atoms with Gasteiger partial charge < -0.3 is 0 Å². The topological polar surface area (TPSA) is 15.3 Å². The standard InChI is InChI=1S/C7H12N2S/c1-2-6-9-7(3-1)4-5-8-10-9/h1,3,7-8H,2,4-6H2. The van der Waals surface area contributed by atoms with Gasteiger partial charge in [-0.25, -0.2) is 4.31 Å². The Morgan fingerprint density at radius 1 is 1.60 bits per heavy atom. The van der Waals surface area contributed by atoms with E-state index < -0.39 is 0 Å². The number of fused-ring (bicyclic) bond motifs is 1. The smallest absolute Gasteiger partial charge is 0.0407 e. The van der Waals surface area contributed by atoms with E-state index >= 15 is 0 Å². The molecule has 56 valence electrons. The third kappa shape index (κ3) is 1.21. The Labute approximate surface area is 65.9 Å². The summed E-state index contributed by atoms with van der Waals surface area (Å²) < 4.78 is 5.71. The van der Waals surface area contributed by atoms with E-state index in [4.69, 9.17) is 0 Å². The van der Waals surface area contributed by atoms with Gasteiger partial charge in [0.1, 0.15) is 0 Å². The van der Waals surface area contributed by atoms with E-state index in [1.807, 2.05) is 0 Å². The summed E-state index contributed by atoms with van der Waals surface area (Å²) >= 11 is 1.78. The SMILES string of the molecule is C1=CC2CCNSN2CC1. The molecule has 10 heavy (non-hydrogen) atoms. The first-order chi connectivity index (χ1) is 4.97. The van der Waals surface area contributed by atoms with E-state index in [9.17, 15) is 0 Å². The first kappa shape index (κ1) is 6.70. The summed E-state index contributed by atoms with van der Waals surface area (Å²) in [5, 5.41) is 0. The summed E-state index contributed by atoms with van der Waals surface area (Å²) in [6.45, 7) is 2.36. The van der Waals surface area contributed by atoms with Gasteiger partial charge in [0.15, 0.2) is 0 Å². The summed E-state index contributed by atoms with van der Waals surface area (Å²) in [6, 6.07) is 0.708. The van der Waals surface area contributed by atoms with Crippen molar-refractivity contribution in [1.29, 1.82) is 0 Å². The third-order valence-corrected chi connectivity index (χ3v) is 2.99. The highest BCUT2D eigenvalue weighted by Crippen LogP contribution is 2.23. The van der Waals surface area contributed by atoms with E-state index in [0.29, 0.717) is 6.04 Å². The average molecular weight is 156 g/mol. The molecule has 2 aliphatic heterocycles. The van der Waals surface area contributed by atoms with Crippen molar-refractivity contribution in [2.75, 3.05) is 13.1 Å². The first-order valence-electron chi connectivity index (χ1n) is 3.80. The minimum absolute atomic E-state index is 0.708. The summed E-state index contributed by atoms with van der Waals surface area (Å²) in [4.78, 5) is 0. The van der Waals surface area contributed by atoms with Crippen LogP contribution < -0.4 is 4.72 Å². The summed E-state index contributed by atoms with van der Waals surface area (Å²) in [5.41, 5.74) is 0. The lowest BCUT2D eigenvalue weighted by Crippen LogP contribution is -2.39. The van der Waals surface area contributed by atoms with Crippen LogP contribution in [0.2, 0.25) is 0 Å². The maximum absolute atomic E-state index is 3.29. The number of nitrogens with one attached hydrogen (secondary N) is 1. The summed E-state index contributed by atoms with van der Waals surface area (Å²) in [5.74, 6) is 0. The largest absolute Gasteiger partial charge is 0.251 e. The Balaban J connectivity index is 2.03. The van der Waals surface area contributed by atoms with Crippen molar-refractivity contribution in [3.05, 3.63) is 12.2 Å². The molecular formula is C7H12N2S. The Morgan fingerprint density at radius 3 is 3.50 bits per heavy atom. The molecular weight excluding hydrogens is 144 g/mol. The van der Waals surface area contributed by atoms with Crippen LogP contribution in [0.25, 0.3) is 0 Å². The van der Waals surface area contributed by atoms with E-state index in [0.717, 1.165) is 6.54 Å². The van der Waals surface area contributed by atoms with Crippen molar-refractivity contribution in [3.8, 4) is 0 Å². The van der Waals surface area contributed by atoms with Gasteiger partial charge in [-0.1, -0.05) is 12.2 Å². The molecule has 2 heterocycles. The monoisotopic (exact) mass is 156 g/mol. The molecule has 0 aromatic heterocycles. The molecule has 0 aromatic carbocycles. The highest BCUT2D eigenvalue weighted by Gasteiger charge is 2.21. The predicted molar refractivity (Wildman–Crippen MR) is 44.5 cm³/mol. The van der Waals surface area contributed by atoms with Gasteiger partial charge in [-0.15, -0.1) is 0 Å². The van der Waals surface area contributed by atoms with Gasteiger partial charge in [0.25, 0.3) is 0 Å². The van der Waals surface area contributed by atoms with Gasteiger partial charge >= 0.3 is 0 Å². The molecule has 0 amide bonds. The second-order valence-electron chi connectivity index (χ2n) is 2.70. The van der Waals surface area contributed by atoms with Gasteiger partial charge in [-0.3, -0.25) is 4.72 Å². The molecule has 0 bridgehead atoms. The molecule has 2 aliphatic rings. The van der Waals surface area contributed by atoms with Crippen LogP contribution in [-0.2, 0) is 0 Å². The molecule has 3 heteroatoms. The van der Waals surface area contributed by atoms with Gasteiger partial charge in [0, 0.05) is 31.3 Å². The molecule has 0 spiro atoms. The normalized spacial score (nSPS) is 33.8. The minimum Gasteiger partial charge on any atom is -0.251 e. The van der Waals surface area contributed by atoms with E-state index in [-0.39, 0.29) is 0 Å². The number of nitrogens with zero attached hydrogens (tertiary/aromatic N) is 1. The van der Waals surface area contributed by atoms with Crippen LogP contribution in [0.4, 0.5) is 0 Å². The van der Waals surface area contributed by atoms with Crippen molar-refractivity contribution >= 4 is 12.1 Å². The molecule has 2 nitrogen and oxygen atoms in total. The van der Waals surface area contributed by atoms with E-state index in [2.05, 4.69) is 21.2 Å². The number of rotatable bonds is 0. The Kier molecular flexibility index (Phi) is 1.97. The predicted octanol–water partition coefficient (Wildman–Crippen LogP) is 1.17. The highest BCUT2D eigenvalue weighted by molar-refractivity contribution is 7.95. The Bertz CT molecular complexity index is 147. The van der Waals surface area contributed by atoms with Crippen LogP contribution in [0, 0.1) is 0 Å². The molecule has 0 saturated carbocycles.